The summed E-state index contributed by atoms with van der Waals surface area (Å²) < 4.78 is 36.1. The van der Waals surface area contributed by atoms with Gasteiger partial charge in [-0.15, -0.1) is 5.06 Å². The Balaban J connectivity index is 1.86. The SMILES string of the molecule is Cc1n[nH]nc1C1CCN(OC(=O)C(F)(F)F)CC1. The quantitative estimate of drug-likeness (QED) is 0.883. The van der Waals surface area contributed by atoms with Crippen LogP contribution in [0.2, 0.25) is 0 Å². The van der Waals surface area contributed by atoms with Gasteiger partial charge in [0.2, 0.25) is 0 Å². The maximum Gasteiger partial charge on any atom is 0.492 e. The van der Waals surface area contributed by atoms with Crippen LogP contribution in [0.1, 0.15) is 30.1 Å². The van der Waals surface area contributed by atoms with Crippen LogP contribution in [-0.4, -0.2) is 45.7 Å². The van der Waals surface area contributed by atoms with Gasteiger partial charge >= 0.3 is 12.1 Å². The number of rotatable bonds is 2. The molecule has 0 saturated carbocycles. The number of nitrogens with one attached hydrogen (secondary N) is 1. The van der Waals surface area contributed by atoms with E-state index < -0.39 is 12.1 Å². The number of hydrogen-bond acceptors (Lipinski definition) is 5. The van der Waals surface area contributed by atoms with Gasteiger partial charge in [-0.25, -0.2) is 4.79 Å². The molecule has 0 bridgehead atoms. The third-order valence-electron chi connectivity index (χ3n) is 3.04. The zero-order valence-electron chi connectivity index (χ0n) is 10.2. The van der Waals surface area contributed by atoms with Gasteiger partial charge in [0.15, 0.2) is 0 Å². The fourth-order valence-corrected chi connectivity index (χ4v) is 2.07. The third kappa shape index (κ3) is 3.22. The van der Waals surface area contributed by atoms with Crippen LogP contribution in [0.15, 0.2) is 0 Å². The molecule has 1 N–H and O–H groups in total. The molecule has 1 fully saturated rings. The summed E-state index contributed by atoms with van der Waals surface area (Å²) in [6.45, 7) is 2.31. The number of aromatic amines is 1. The fourth-order valence-electron chi connectivity index (χ4n) is 2.07. The van der Waals surface area contributed by atoms with Gasteiger partial charge in [0.25, 0.3) is 0 Å². The lowest BCUT2D eigenvalue weighted by Crippen LogP contribution is -2.39. The highest BCUT2D eigenvalue weighted by Crippen LogP contribution is 2.28. The van der Waals surface area contributed by atoms with Crippen molar-refractivity contribution in [3.8, 4) is 0 Å². The third-order valence-corrected chi connectivity index (χ3v) is 3.04. The number of hydrogen-bond donors (Lipinski definition) is 1. The highest BCUT2D eigenvalue weighted by atomic mass is 19.4. The van der Waals surface area contributed by atoms with Gasteiger partial charge in [-0.1, -0.05) is 0 Å². The number of carbonyl (C=O) groups excluding carboxylic acids is 1. The standard InChI is InChI=1S/C10H13F3N4O2/c1-6-8(15-16-14-6)7-2-4-17(5-3-7)19-9(18)10(11,12)13/h7H,2-5H2,1H3,(H,14,15,16). The zero-order chi connectivity index (χ0) is 14.0. The Morgan fingerprint density at radius 3 is 2.47 bits per heavy atom. The summed E-state index contributed by atoms with van der Waals surface area (Å²) in [5.41, 5.74) is 1.60. The van der Waals surface area contributed by atoms with Crippen molar-refractivity contribution < 1.29 is 22.8 Å². The van der Waals surface area contributed by atoms with E-state index in [1.54, 1.807) is 0 Å². The van der Waals surface area contributed by atoms with Crippen molar-refractivity contribution in [1.82, 2.24) is 20.5 Å². The van der Waals surface area contributed by atoms with E-state index in [1.165, 1.54) is 0 Å². The van der Waals surface area contributed by atoms with E-state index in [9.17, 15) is 18.0 Å². The maximum absolute atomic E-state index is 12.0. The molecule has 0 amide bonds. The predicted molar refractivity (Wildman–Crippen MR) is 56.8 cm³/mol. The molecule has 0 aliphatic carbocycles. The van der Waals surface area contributed by atoms with Crippen molar-refractivity contribution in [3.05, 3.63) is 11.4 Å². The molecular weight excluding hydrogens is 265 g/mol. The molecular formula is C10H13F3N4O2. The van der Waals surface area contributed by atoms with E-state index in [2.05, 4.69) is 20.2 Å². The number of H-pyrrole nitrogens is 1. The molecule has 2 heterocycles. The minimum atomic E-state index is -4.96. The number of aryl methyl sites for hydroxylation is 1. The number of piperidine rings is 1. The molecule has 1 aromatic heterocycles. The van der Waals surface area contributed by atoms with Crippen LogP contribution in [0.25, 0.3) is 0 Å². The predicted octanol–water partition coefficient (Wildman–Crippen LogP) is 1.31. The lowest BCUT2D eigenvalue weighted by molar-refractivity contribution is -0.241. The highest BCUT2D eigenvalue weighted by Gasteiger charge is 2.43. The second kappa shape index (κ2) is 5.16. The number of hydroxylamine groups is 2. The Hall–Kier alpha value is -1.64. The first-order valence-corrected chi connectivity index (χ1v) is 5.79. The summed E-state index contributed by atoms with van der Waals surface area (Å²) in [4.78, 5) is 15.0. The Bertz CT molecular complexity index is 452. The van der Waals surface area contributed by atoms with Crippen molar-refractivity contribution in [2.45, 2.75) is 31.9 Å². The summed E-state index contributed by atoms with van der Waals surface area (Å²) in [6, 6.07) is 0. The van der Waals surface area contributed by atoms with Crippen LogP contribution in [0.4, 0.5) is 13.2 Å². The van der Waals surface area contributed by atoms with Gasteiger partial charge < -0.3 is 4.84 Å². The van der Waals surface area contributed by atoms with Gasteiger partial charge in [0.05, 0.1) is 11.4 Å². The molecule has 9 heteroatoms. The van der Waals surface area contributed by atoms with Crippen molar-refractivity contribution in [2.75, 3.05) is 13.1 Å². The number of carbonyl (C=O) groups is 1. The Labute approximate surface area is 106 Å². The number of nitrogens with zero attached hydrogens (tertiary/aromatic N) is 3. The first-order chi connectivity index (χ1) is 8.88. The Kier molecular flexibility index (Phi) is 3.74. The van der Waals surface area contributed by atoms with Crippen LogP contribution in [-0.2, 0) is 9.63 Å². The molecule has 0 radical (unpaired) electrons. The summed E-state index contributed by atoms with van der Waals surface area (Å²) in [6.07, 6.45) is -3.82. The largest absolute Gasteiger partial charge is 0.492 e. The molecule has 0 aromatic carbocycles. The lowest BCUT2D eigenvalue weighted by atomic mass is 9.93. The van der Waals surface area contributed by atoms with Crippen LogP contribution < -0.4 is 0 Å². The molecule has 106 valence electrons. The second-order valence-electron chi connectivity index (χ2n) is 4.37. The van der Waals surface area contributed by atoms with Gasteiger partial charge in [0.1, 0.15) is 0 Å². The minimum absolute atomic E-state index is 0.125. The summed E-state index contributed by atoms with van der Waals surface area (Å²) >= 11 is 0. The van der Waals surface area contributed by atoms with E-state index in [0.29, 0.717) is 12.8 Å². The second-order valence-corrected chi connectivity index (χ2v) is 4.37. The summed E-state index contributed by atoms with van der Waals surface area (Å²) in [7, 11) is 0. The fraction of sp³-hybridized carbons (Fsp3) is 0.700. The van der Waals surface area contributed by atoms with Crippen LogP contribution in [0.3, 0.4) is 0 Å². The first kappa shape index (κ1) is 13.8. The van der Waals surface area contributed by atoms with Gasteiger partial charge in [0, 0.05) is 19.0 Å². The number of aromatic nitrogens is 3. The van der Waals surface area contributed by atoms with E-state index in [4.69, 9.17) is 0 Å². The molecule has 19 heavy (non-hydrogen) atoms. The molecule has 0 unspecified atom stereocenters. The molecule has 6 nitrogen and oxygen atoms in total. The monoisotopic (exact) mass is 278 g/mol. The normalized spacial score (nSPS) is 18.5. The van der Waals surface area contributed by atoms with Gasteiger partial charge in [-0.05, 0) is 19.8 Å². The first-order valence-electron chi connectivity index (χ1n) is 5.79. The molecule has 1 aromatic rings. The lowest BCUT2D eigenvalue weighted by Gasteiger charge is -2.29. The molecule has 0 spiro atoms. The minimum Gasteiger partial charge on any atom is -0.361 e. The van der Waals surface area contributed by atoms with E-state index in [-0.39, 0.29) is 19.0 Å². The molecule has 1 aliphatic heterocycles. The molecule has 1 saturated heterocycles. The Morgan fingerprint density at radius 1 is 1.37 bits per heavy atom. The maximum atomic E-state index is 12.0. The van der Waals surface area contributed by atoms with Crippen LogP contribution in [0.5, 0.6) is 0 Å². The van der Waals surface area contributed by atoms with Gasteiger partial charge in [-0.3, -0.25) is 0 Å². The van der Waals surface area contributed by atoms with Crippen molar-refractivity contribution in [1.29, 1.82) is 0 Å². The average molecular weight is 278 g/mol. The average Bonchev–Trinajstić information content (AvgIpc) is 2.75. The van der Waals surface area contributed by atoms with Crippen molar-refractivity contribution in [2.24, 2.45) is 0 Å². The smallest absolute Gasteiger partial charge is 0.361 e. The number of alkyl halides is 3. The topological polar surface area (TPSA) is 71.1 Å². The van der Waals surface area contributed by atoms with Gasteiger partial charge in [-0.2, -0.15) is 28.6 Å². The van der Waals surface area contributed by atoms with Crippen molar-refractivity contribution >= 4 is 5.97 Å². The summed E-state index contributed by atoms with van der Waals surface area (Å²) in [5.74, 6) is -2.05. The van der Waals surface area contributed by atoms with Crippen molar-refractivity contribution in [3.63, 3.8) is 0 Å². The van der Waals surface area contributed by atoms with Crippen LogP contribution in [0, 0.1) is 6.92 Å². The van der Waals surface area contributed by atoms with E-state index in [1.807, 2.05) is 6.92 Å². The summed E-state index contributed by atoms with van der Waals surface area (Å²) in [5, 5.41) is 11.5. The Morgan fingerprint density at radius 2 is 2.00 bits per heavy atom. The van der Waals surface area contributed by atoms with Crippen LogP contribution >= 0.6 is 0 Å². The van der Waals surface area contributed by atoms with E-state index >= 15 is 0 Å². The zero-order valence-corrected chi connectivity index (χ0v) is 10.2. The van der Waals surface area contributed by atoms with E-state index in [0.717, 1.165) is 16.5 Å². The molecule has 2 rings (SSSR count). The molecule has 0 atom stereocenters. The number of halogens is 3. The highest BCUT2D eigenvalue weighted by molar-refractivity contribution is 5.75. The molecule has 1 aliphatic rings.